The SMILES string of the molecule is CN(CCCCN(C)Cc1nc2cc(F)ccc2o1)Cc1nc2cc(F)ccc2o1. The monoisotopic (exact) mass is 414 g/mol. The Morgan fingerprint density at radius 3 is 1.60 bits per heavy atom. The van der Waals surface area contributed by atoms with Crippen LogP contribution in [0.5, 0.6) is 0 Å². The lowest BCUT2D eigenvalue weighted by Crippen LogP contribution is -2.22. The second kappa shape index (κ2) is 8.89. The van der Waals surface area contributed by atoms with Crippen LogP contribution in [0.2, 0.25) is 0 Å². The molecular weight excluding hydrogens is 390 g/mol. The number of aromatic nitrogens is 2. The predicted molar refractivity (Wildman–Crippen MR) is 110 cm³/mol. The molecule has 2 aromatic carbocycles. The molecule has 0 aliphatic rings. The molecule has 158 valence electrons. The van der Waals surface area contributed by atoms with Gasteiger partial charge in [-0.15, -0.1) is 0 Å². The number of hydrogen-bond donors (Lipinski definition) is 0. The van der Waals surface area contributed by atoms with Gasteiger partial charge in [-0.25, -0.2) is 18.7 Å². The number of unbranched alkanes of at least 4 members (excludes halogenated alkanes) is 1. The van der Waals surface area contributed by atoms with Gasteiger partial charge in [0, 0.05) is 12.1 Å². The largest absolute Gasteiger partial charge is 0.439 e. The second-order valence-corrected chi connectivity index (χ2v) is 7.62. The average Bonchev–Trinajstić information content (AvgIpc) is 3.27. The minimum absolute atomic E-state index is 0.315. The van der Waals surface area contributed by atoms with Crippen molar-refractivity contribution in [2.75, 3.05) is 27.2 Å². The lowest BCUT2D eigenvalue weighted by atomic mass is 10.3. The molecule has 0 aliphatic carbocycles. The van der Waals surface area contributed by atoms with Crippen molar-refractivity contribution >= 4 is 22.2 Å². The maximum Gasteiger partial charge on any atom is 0.209 e. The minimum atomic E-state index is -0.315. The molecule has 0 saturated heterocycles. The first-order valence-electron chi connectivity index (χ1n) is 9.93. The zero-order valence-electron chi connectivity index (χ0n) is 17.1. The van der Waals surface area contributed by atoms with Gasteiger partial charge in [0.15, 0.2) is 11.2 Å². The number of nitrogens with zero attached hydrogens (tertiary/aromatic N) is 4. The normalized spacial score (nSPS) is 12.1. The van der Waals surface area contributed by atoms with E-state index in [4.69, 9.17) is 8.83 Å². The molecule has 6 nitrogen and oxygen atoms in total. The highest BCUT2D eigenvalue weighted by atomic mass is 19.1. The van der Waals surface area contributed by atoms with E-state index in [9.17, 15) is 8.78 Å². The lowest BCUT2D eigenvalue weighted by Gasteiger charge is -2.17. The van der Waals surface area contributed by atoms with E-state index >= 15 is 0 Å². The number of halogens is 2. The Hall–Kier alpha value is -2.84. The van der Waals surface area contributed by atoms with E-state index in [0.717, 1.165) is 25.9 Å². The summed E-state index contributed by atoms with van der Waals surface area (Å²) < 4.78 is 37.9. The van der Waals surface area contributed by atoms with E-state index in [0.29, 0.717) is 47.1 Å². The van der Waals surface area contributed by atoms with Crippen molar-refractivity contribution in [3.8, 4) is 0 Å². The van der Waals surface area contributed by atoms with Crippen LogP contribution in [-0.4, -0.2) is 47.0 Å². The van der Waals surface area contributed by atoms with E-state index in [1.807, 2.05) is 14.1 Å². The summed E-state index contributed by atoms with van der Waals surface area (Å²) in [7, 11) is 4.02. The standard InChI is InChI=1S/C22H24F2N4O2/c1-27(13-21-25-17-11-15(23)5-7-19(17)29-21)9-3-4-10-28(2)14-22-26-18-12-16(24)6-8-20(18)30-22/h5-8,11-12H,3-4,9-10,13-14H2,1-2H3. The van der Waals surface area contributed by atoms with Gasteiger partial charge >= 0.3 is 0 Å². The van der Waals surface area contributed by atoms with E-state index in [1.165, 1.54) is 24.3 Å². The second-order valence-electron chi connectivity index (χ2n) is 7.62. The number of oxazole rings is 2. The number of fused-ring (bicyclic) bond motifs is 2. The van der Waals surface area contributed by atoms with Crippen LogP contribution in [0, 0.1) is 11.6 Å². The highest BCUT2D eigenvalue weighted by Crippen LogP contribution is 2.19. The Labute approximate surface area is 173 Å². The lowest BCUT2D eigenvalue weighted by molar-refractivity contribution is 0.259. The summed E-state index contributed by atoms with van der Waals surface area (Å²) in [4.78, 5) is 13.0. The summed E-state index contributed by atoms with van der Waals surface area (Å²) in [5.74, 6) is 0.542. The van der Waals surface area contributed by atoms with Crippen molar-refractivity contribution in [1.82, 2.24) is 19.8 Å². The molecular formula is C22H24F2N4O2. The van der Waals surface area contributed by atoms with Gasteiger partial charge in [0.05, 0.1) is 13.1 Å². The third-order valence-corrected chi connectivity index (χ3v) is 4.93. The van der Waals surface area contributed by atoms with Crippen LogP contribution in [0.3, 0.4) is 0 Å². The molecule has 0 fully saturated rings. The Morgan fingerprint density at radius 1 is 0.733 bits per heavy atom. The zero-order chi connectivity index (χ0) is 21.1. The summed E-state index contributed by atoms with van der Waals surface area (Å²) in [6, 6.07) is 8.71. The van der Waals surface area contributed by atoms with E-state index in [-0.39, 0.29) is 11.6 Å². The summed E-state index contributed by atoms with van der Waals surface area (Å²) in [5, 5.41) is 0. The van der Waals surface area contributed by atoms with Gasteiger partial charge in [-0.1, -0.05) is 0 Å². The molecule has 2 aromatic heterocycles. The Balaban J connectivity index is 1.19. The van der Waals surface area contributed by atoms with Crippen molar-refractivity contribution in [3.05, 3.63) is 59.8 Å². The van der Waals surface area contributed by atoms with Crippen LogP contribution in [0.25, 0.3) is 22.2 Å². The van der Waals surface area contributed by atoms with Crippen molar-refractivity contribution in [3.63, 3.8) is 0 Å². The van der Waals surface area contributed by atoms with Gasteiger partial charge < -0.3 is 8.83 Å². The van der Waals surface area contributed by atoms with Gasteiger partial charge in [0.1, 0.15) is 22.7 Å². The van der Waals surface area contributed by atoms with E-state index < -0.39 is 0 Å². The highest BCUT2D eigenvalue weighted by molar-refractivity contribution is 5.72. The van der Waals surface area contributed by atoms with Crippen LogP contribution in [0.15, 0.2) is 45.2 Å². The third-order valence-electron chi connectivity index (χ3n) is 4.93. The Bertz CT molecular complexity index is 1050. The number of hydrogen-bond acceptors (Lipinski definition) is 6. The molecule has 2 heterocycles. The minimum Gasteiger partial charge on any atom is -0.439 e. The van der Waals surface area contributed by atoms with Crippen LogP contribution >= 0.6 is 0 Å². The van der Waals surface area contributed by atoms with E-state index in [1.54, 1.807) is 12.1 Å². The quantitative estimate of drug-likeness (QED) is 0.373. The first-order valence-corrected chi connectivity index (χ1v) is 9.93. The van der Waals surface area contributed by atoms with Crippen LogP contribution in [-0.2, 0) is 13.1 Å². The molecule has 0 unspecified atom stereocenters. The molecule has 0 aliphatic heterocycles. The summed E-state index contributed by atoms with van der Waals surface area (Å²) in [5.41, 5.74) is 2.29. The molecule has 0 amide bonds. The third kappa shape index (κ3) is 5.01. The van der Waals surface area contributed by atoms with Gasteiger partial charge in [-0.05, 0) is 64.3 Å². The fraction of sp³-hybridized carbons (Fsp3) is 0.364. The van der Waals surface area contributed by atoms with Crippen molar-refractivity contribution < 1.29 is 17.6 Å². The molecule has 0 saturated carbocycles. The molecule has 4 aromatic rings. The molecule has 30 heavy (non-hydrogen) atoms. The maximum atomic E-state index is 13.3. The number of rotatable bonds is 9. The summed E-state index contributed by atoms with van der Waals surface area (Å²) in [6.45, 7) is 2.93. The molecule has 0 atom stereocenters. The molecule has 0 radical (unpaired) electrons. The maximum absolute atomic E-state index is 13.3. The molecule has 0 spiro atoms. The smallest absolute Gasteiger partial charge is 0.209 e. The fourth-order valence-corrected chi connectivity index (χ4v) is 3.42. The van der Waals surface area contributed by atoms with Crippen LogP contribution in [0.4, 0.5) is 8.78 Å². The molecule has 8 heteroatoms. The fourth-order valence-electron chi connectivity index (χ4n) is 3.42. The van der Waals surface area contributed by atoms with Gasteiger partial charge in [0.25, 0.3) is 0 Å². The summed E-state index contributed by atoms with van der Waals surface area (Å²) >= 11 is 0. The first kappa shape index (κ1) is 20.4. The topological polar surface area (TPSA) is 58.5 Å². The molecule has 4 rings (SSSR count). The Morgan fingerprint density at radius 2 is 1.17 bits per heavy atom. The van der Waals surface area contributed by atoms with Crippen molar-refractivity contribution in [2.24, 2.45) is 0 Å². The summed E-state index contributed by atoms with van der Waals surface area (Å²) in [6.07, 6.45) is 2.02. The first-order chi connectivity index (χ1) is 14.5. The van der Waals surface area contributed by atoms with Gasteiger partial charge in [-0.3, -0.25) is 9.80 Å². The van der Waals surface area contributed by atoms with Crippen LogP contribution in [0.1, 0.15) is 24.6 Å². The van der Waals surface area contributed by atoms with Crippen molar-refractivity contribution in [2.45, 2.75) is 25.9 Å². The Kier molecular flexibility index (Phi) is 6.06. The van der Waals surface area contributed by atoms with Crippen LogP contribution < -0.4 is 0 Å². The molecule has 0 N–H and O–H groups in total. The highest BCUT2D eigenvalue weighted by Gasteiger charge is 2.11. The number of benzene rings is 2. The zero-order valence-corrected chi connectivity index (χ0v) is 17.1. The predicted octanol–water partition coefficient (Wildman–Crippen LogP) is 4.59. The van der Waals surface area contributed by atoms with Gasteiger partial charge in [0.2, 0.25) is 11.8 Å². The van der Waals surface area contributed by atoms with Gasteiger partial charge in [-0.2, -0.15) is 0 Å². The van der Waals surface area contributed by atoms with Crippen molar-refractivity contribution in [1.29, 1.82) is 0 Å². The molecule has 0 bridgehead atoms. The average molecular weight is 414 g/mol. The van der Waals surface area contributed by atoms with E-state index in [2.05, 4.69) is 19.8 Å².